The van der Waals surface area contributed by atoms with Gasteiger partial charge in [0.1, 0.15) is 0 Å². The monoisotopic (exact) mass is 461 g/mol. The van der Waals surface area contributed by atoms with Gasteiger partial charge in [-0.1, -0.05) is 17.7 Å². The summed E-state index contributed by atoms with van der Waals surface area (Å²) in [6, 6.07) is 10.3. The average Bonchev–Trinajstić information content (AvgIpc) is 3.30. The highest BCUT2D eigenvalue weighted by Crippen LogP contribution is 2.32. The number of sulfonamides is 1. The van der Waals surface area contributed by atoms with Crippen molar-refractivity contribution in [1.29, 1.82) is 0 Å². The van der Waals surface area contributed by atoms with Gasteiger partial charge < -0.3 is 10.2 Å². The van der Waals surface area contributed by atoms with Crippen molar-refractivity contribution in [1.82, 2.24) is 4.31 Å². The van der Waals surface area contributed by atoms with Crippen LogP contribution in [-0.4, -0.2) is 44.8 Å². The first kappa shape index (κ1) is 22.1. The number of benzene rings is 2. The zero-order chi connectivity index (χ0) is 22.0. The second-order valence-corrected chi connectivity index (χ2v) is 10.6. The predicted octanol–water partition coefficient (Wildman–Crippen LogP) is 4.68. The number of nitrogens with zero attached hydrogens (tertiary/aromatic N) is 2. The number of rotatable bonds is 5. The summed E-state index contributed by atoms with van der Waals surface area (Å²) in [5.74, 6) is -0.337. The van der Waals surface area contributed by atoms with Crippen molar-refractivity contribution in [2.75, 3.05) is 36.4 Å². The molecule has 0 aromatic heterocycles. The molecule has 0 unspecified atom stereocenters. The molecule has 2 saturated heterocycles. The Bertz CT molecular complexity index is 1080. The van der Waals surface area contributed by atoms with Gasteiger partial charge in [0.05, 0.1) is 16.3 Å². The first-order valence-corrected chi connectivity index (χ1v) is 12.6. The second kappa shape index (κ2) is 9.18. The fourth-order valence-electron chi connectivity index (χ4n) is 4.29. The van der Waals surface area contributed by atoms with Gasteiger partial charge >= 0.3 is 0 Å². The van der Waals surface area contributed by atoms with E-state index in [0.29, 0.717) is 29.4 Å². The van der Waals surface area contributed by atoms with Crippen LogP contribution in [0.15, 0.2) is 41.3 Å². The number of piperidine rings is 1. The van der Waals surface area contributed by atoms with Gasteiger partial charge in [0, 0.05) is 36.8 Å². The van der Waals surface area contributed by atoms with E-state index in [9.17, 15) is 13.2 Å². The second-order valence-electron chi connectivity index (χ2n) is 8.25. The maximum absolute atomic E-state index is 13.2. The number of nitrogens with one attached hydrogen (secondary N) is 1. The summed E-state index contributed by atoms with van der Waals surface area (Å²) < 4.78 is 27.4. The van der Waals surface area contributed by atoms with Crippen molar-refractivity contribution < 1.29 is 13.2 Å². The van der Waals surface area contributed by atoms with E-state index >= 15 is 0 Å². The summed E-state index contributed by atoms with van der Waals surface area (Å²) in [5, 5.41) is 3.52. The Hall–Kier alpha value is -2.09. The molecule has 0 atom stereocenters. The molecular weight excluding hydrogens is 434 g/mol. The quantitative estimate of drug-likeness (QED) is 0.702. The highest BCUT2D eigenvalue weighted by atomic mass is 35.5. The first-order chi connectivity index (χ1) is 14.9. The predicted molar refractivity (Wildman–Crippen MR) is 125 cm³/mol. The van der Waals surface area contributed by atoms with Gasteiger partial charge in [-0.25, -0.2) is 8.42 Å². The zero-order valence-electron chi connectivity index (χ0n) is 17.7. The van der Waals surface area contributed by atoms with E-state index in [1.165, 1.54) is 16.8 Å². The Morgan fingerprint density at radius 3 is 2.32 bits per heavy atom. The molecule has 2 fully saturated rings. The molecule has 8 heteroatoms. The minimum absolute atomic E-state index is 0.160. The third-order valence-electron chi connectivity index (χ3n) is 6.06. The van der Waals surface area contributed by atoms with Gasteiger partial charge in [-0.2, -0.15) is 4.31 Å². The number of amides is 1. The average molecular weight is 462 g/mol. The minimum Gasteiger partial charge on any atom is -0.370 e. The highest BCUT2D eigenvalue weighted by Gasteiger charge is 2.28. The van der Waals surface area contributed by atoms with Gasteiger partial charge in [-0.15, -0.1) is 0 Å². The molecular formula is C23H28ClN3O3S. The van der Waals surface area contributed by atoms with E-state index in [0.717, 1.165) is 50.0 Å². The Morgan fingerprint density at radius 2 is 1.61 bits per heavy atom. The van der Waals surface area contributed by atoms with Crippen LogP contribution in [0.5, 0.6) is 0 Å². The summed E-state index contributed by atoms with van der Waals surface area (Å²) in [7, 11) is -3.59. The highest BCUT2D eigenvalue weighted by molar-refractivity contribution is 7.89. The number of hydrogen-bond donors (Lipinski definition) is 1. The van der Waals surface area contributed by atoms with Crippen molar-refractivity contribution >= 4 is 38.9 Å². The standard InChI is InChI=1S/C23H28ClN3O3S/c1-17-7-9-19(31(29,30)27-13-5-6-14-27)16-20(17)23(28)25-21-15-18(24)8-10-22(21)26-11-3-2-4-12-26/h7-10,15-16H,2-6,11-14H2,1H3,(H,25,28). The van der Waals surface area contributed by atoms with Crippen LogP contribution in [0.4, 0.5) is 11.4 Å². The van der Waals surface area contributed by atoms with E-state index in [1.54, 1.807) is 18.2 Å². The van der Waals surface area contributed by atoms with Crippen molar-refractivity contribution in [2.45, 2.75) is 43.9 Å². The van der Waals surface area contributed by atoms with Crippen LogP contribution in [0.25, 0.3) is 0 Å². The van der Waals surface area contributed by atoms with E-state index in [2.05, 4.69) is 10.2 Å². The van der Waals surface area contributed by atoms with Crippen molar-refractivity contribution in [3.63, 3.8) is 0 Å². The normalized spacial score (nSPS) is 17.7. The van der Waals surface area contributed by atoms with E-state index < -0.39 is 10.0 Å². The Labute approximate surface area is 189 Å². The molecule has 2 aromatic rings. The molecule has 0 saturated carbocycles. The largest absolute Gasteiger partial charge is 0.370 e. The maximum atomic E-state index is 13.2. The minimum atomic E-state index is -3.59. The Kier molecular flexibility index (Phi) is 6.55. The lowest BCUT2D eigenvalue weighted by molar-refractivity contribution is 0.102. The Morgan fingerprint density at radius 1 is 0.935 bits per heavy atom. The lowest BCUT2D eigenvalue weighted by Crippen LogP contribution is -2.30. The summed E-state index contributed by atoms with van der Waals surface area (Å²) in [5.41, 5.74) is 2.66. The van der Waals surface area contributed by atoms with Crippen molar-refractivity contribution in [2.24, 2.45) is 0 Å². The first-order valence-electron chi connectivity index (χ1n) is 10.8. The fraction of sp³-hybridized carbons (Fsp3) is 0.435. The molecule has 0 spiro atoms. The molecule has 4 rings (SSSR count). The van der Waals surface area contributed by atoms with Crippen LogP contribution in [0.2, 0.25) is 5.02 Å². The number of aryl methyl sites for hydroxylation is 1. The molecule has 6 nitrogen and oxygen atoms in total. The number of halogens is 1. The van der Waals surface area contributed by atoms with Crippen LogP contribution >= 0.6 is 11.6 Å². The summed E-state index contributed by atoms with van der Waals surface area (Å²) in [4.78, 5) is 15.6. The molecule has 1 N–H and O–H groups in total. The van der Waals surface area contributed by atoms with Crippen LogP contribution in [0.3, 0.4) is 0 Å². The van der Waals surface area contributed by atoms with Gasteiger partial charge in [-0.05, 0) is 74.9 Å². The zero-order valence-corrected chi connectivity index (χ0v) is 19.3. The number of carbonyl (C=O) groups excluding carboxylic acids is 1. The van der Waals surface area contributed by atoms with Crippen LogP contribution in [0, 0.1) is 6.92 Å². The Balaban J connectivity index is 1.63. The third kappa shape index (κ3) is 4.73. The van der Waals surface area contributed by atoms with Crippen molar-refractivity contribution in [3.8, 4) is 0 Å². The summed E-state index contributed by atoms with van der Waals surface area (Å²) in [6.45, 7) is 4.74. The molecule has 31 heavy (non-hydrogen) atoms. The molecule has 0 bridgehead atoms. The molecule has 166 valence electrons. The maximum Gasteiger partial charge on any atom is 0.256 e. The molecule has 2 aliphatic heterocycles. The van der Waals surface area contributed by atoms with Crippen LogP contribution in [-0.2, 0) is 10.0 Å². The third-order valence-corrected chi connectivity index (χ3v) is 8.19. The smallest absolute Gasteiger partial charge is 0.256 e. The van der Waals surface area contributed by atoms with Crippen molar-refractivity contribution in [3.05, 3.63) is 52.5 Å². The molecule has 2 heterocycles. The molecule has 2 aliphatic rings. The summed E-state index contributed by atoms with van der Waals surface area (Å²) >= 11 is 6.22. The lowest BCUT2D eigenvalue weighted by Gasteiger charge is -2.30. The van der Waals surface area contributed by atoms with E-state index in [-0.39, 0.29) is 10.8 Å². The van der Waals surface area contributed by atoms with Crippen LogP contribution in [0.1, 0.15) is 48.0 Å². The number of hydrogen-bond acceptors (Lipinski definition) is 4. The van der Waals surface area contributed by atoms with Gasteiger partial charge in [0.25, 0.3) is 5.91 Å². The number of carbonyl (C=O) groups is 1. The van der Waals surface area contributed by atoms with E-state index in [1.807, 2.05) is 19.1 Å². The molecule has 0 aliphatic carbocycles. The SMILES string of the molecule is Cc1ccc(S(=O)(=O)N2CCCC2)cc1C(=O)Nc1cc(Cl)ccc1N1CCCCC1. The lowest BCUT2D eigenvalue weighted by atomic mass is 10.1. The van der Waals surface area contributed by atoms with Gasteiger partial charge in [-0.3, -0.25) is 4.79 Å². The summed E-state index contributed by atoms with van der Waals surface area (Å²) in [6.07, 6.45) is 5.18. The van der Waals surface area contributed by atoms with Gasteiger partial charge in [0.15, 0.2) is 0 Å². The topological polar surface area (TPSA) is 69.7 Å². The van der Waals surface area contributed by atoms with Crippen LogP contribution < -0.4 is 10.2 Å². The molecule has 2 aromatic carbocycles. The number of anilines is 2. The molecule has 0 radical (unpaired) electrons. The molecule has 1 amide bonds. The fourth-order valence-corrected chi connectivity index (χ4v) is 6.01. The van der Waals surface area contributed by atoms with Gasteiger partial charge in [0.2, 0.25) is 10.0 Å². The van der Waals surface area contributed by atoms with E-state index in [4.69, 9.17) is 11.6 Å².